The van der Waals surface area contributed by atoms with E-state index in [1.165, 1.54) is 0 Å². The molecule has 0 N–H and O–H groups in total. The van der Waals surface area contributed by atoms with E-state index in [9.17, 15) is 70.9 Å². The van der Waals surface area contributed by atoms with Crippen LogP contribution in [-0.2, 0) is 0 Å². The van der Waals surface area contributed by atoms with Crippen molar-refractivity contribution < 1.29 is 39.8 Å². The average Bonchev–Trinajstić information content (AvgIpc) is 2.67. The summed E-state index contributed by atoms with van der Waals surface area (Å²) < 4.78 is 0. The molecule has 0 aliphatic rings. The van der Waals surface area contributed by atoms with Crippen molar-refractivity contribution in [1.82, 2.24) is 0 Å². The molecule has 0 amide bonds. The molecule has 0 heterocycles. The van der Waals surface area contributed by atoms with Crippen LogP contribution < -0.4 is 10.2 Å². The van der Waals surface area contributed by atoms with Gasteiger partial charge in [0.25, 0.3) is 34.1 Å². The number of nitro benzene ring substituents is 6. The van der Waals surface area contributed by atoms with Crippen molar-refractivity contribution in [2.24, 2.45) is 0 Å². The van der Waals surface area contributed by atoms with Crippen molar-refractivity contribution in [3.63, 3.8) is 0 Å². The molecule has 2 aromatic carbocycles. The predicted molar refractivity (Wildman–Crippen MR) is 97.5 cm³/mol. The minimum absolute atomic E-state index is 0. The monoisotopic (exact) mass is 480 g/mol. The Hall–Kier alpha value is -4.79. The number of non-ortho nitro benzene ring substituents is 2. The van der Waals surface area contributed by atoms with E-state index < -0.39 is 75.2 Å². The van der Waals surface area contributed by atoms with Crippen molar-refractivity contribution in [3.8, 4) is 11.5 Å². The first-order chi connectivity index (χ1) is 14.7. The maximum atomic E-state index is 11.1. The van der Waals surface area contributed by atoms with Crippen LogP contribution in [0.5, 0.6) is 11.5 Å². The smallest absolute Gasteiger partial charge is 0.863 e. The summed E-state index contributed by atoms with van der Waals surface area (Å²) in [6, 6.07) is 1.54. The van der Waals surface area contributed by atoms with Gasteiger partial charge in [-0.1, -0.05) is 0 Å². The van der Waals surface area contributed by atoms with E-state index in [1.807, 2.05) is 0 Å². The van der Waals surface area contributed by atoms with Crippen molar-refractivity contribution in [2.75, 3.05) is 0 Å². The van der Waals surface area contributed by atoms with Crippen molar-refractivity contribution >= 4 is 57.2 Å². The molecule has 20 nitrogen and oxygen atoms in total. The molecule has 2 aromatic rings. The molecule has 0 aliphatic carbocycles. The van der Waals surface area contributed by atoms with Crippen LogP contribution in [0.3, 0.4) is 0 Å². The Balaban J connectivity index is 0.000000602. The second-order valence-electron chi connectivity index (χ2n) is 5.17. The van der Waals surface area contributed by atoms with Gasteiger partial charge in [-0.15, -0.1) is 0 Å². The molecule has 33 heavy (non-hydrogen) atoms. The number of benzene rings is 2. The first-order valence-corrected chi connectivity index (χ1v) is 7.25. The number of nitro groups is 6. The quantitative estimate of drug-likeness (QED) is 0.310. The molecule has 0 aromatic heterocycles. The summed E-state index contributed by atoms with van der Waals surface area (Å²) in [5, 5.41) is 84.2. The van der Waals surface area contributed by atoms with Crippen LogP contribution >= 0.6 is 0 Å². The molecular formula is C12H4MgN6O14. The second-order valence-corrected chi connectivity index (χ2v) is 5.17. The normalized spacial score (nSPS) is 9.45. The summed E-state index contributed by atoms with van der Waals surface area (Å²) in [6.07, 6.45) is 0. The topological polar surface area (TPSA) is 305 Å². The average molecular weight is 480 g/mol. The van der Waals surface area contributed by atoms with E-state index in [-0.39, 0.29) is 23.1 Å². The molecule has 0 fully saturated rings. The van der Waals surface area contributed by atoms with Gasteiger partial charge < -0.3 is 10.2 Å². The molecule has 21 heteroatoms. The molecule has 0 spiro atoms. The molecule has 0 bridgehead atoms. The van der Waals surface area contributed by atoms with Gasteiger partial charge in [-0.25, -0.2) is 0 Å². The van der Waals surface area contributed by atoms with E-state index in [2.05, 4.69) is 0 Å². The fourth-order valence-electron chi connectivity index (χ4n) is 1.92. The van der Waals surface area contributed by atoms with Crippen LogP contribution in [0.4, 0.5) is 34.1 Å². The molecular weight excluding hydrogens is 476 g/mol. The Morgan fingerprint density at radius 1 is 0.424 bits per heavy atom. The third-order valence-electron chi connectivity index (χ3n) is 3.28. The Morgan fingerprint density at radius 2 is 0.606 bits per heavy atom. The summed E-state index contributed by atoms with van der Waals surface area (Å²) in [5.41, 5.74) is -6.53. The molecule has 0 radical (unpaired) electrons. The van der Waals surface area contributed by atoms with Crippen LogP contribution in [0.2, 0.25) is 0 Å². The van der Waals surface area contributed by atoms with E-state index in [0.29, 0.717) is 24.3 Å². The Labute approximate surface area is 193 Å². The van der Waals surface area contributed by atoms with Gasteiger partial charge in [0.05, 0.1) is 65.3 Å². The minimum atomic E-state index is -1.46. The van der Waals surface area contributed by atoms with E-state index >= 15 is 0 Å². The van der Waals surface area contributed by atoms with Crippen LogP contribution in [0.25, 0.3) is 0 Å². The summed E-state index contributed by atoms with van der Waals surface area (Å²) >= 11 is 0. The van der Waals surface area contributed by atoms with Crippen molar-refractivity contribution in [3.05, 3.63) is 85.0 Å². The minimum Gasteiger partial charge on any atom is -0.863 e. The first kappa shape index (κ1) is 28.2. The number of hydrogen-bond donors (Lipinski definition) is 0. The molecule has 0 saturated heterocycles. The second kappa shape index (κ2) is 11.0. The van der Waals surface area contributed by atoms with Gasteiger partial charge in [-0.2, -0.15) is 0 Å². The number of nitrogens with zero attached hydrogens (tertiary/aromatic N) is 6. The summed E-state index contributed by atoms with van der Waals surface area (Å²) in [7, 11) is 0. The SMILES string of the molecule is O=[N+]([O-])c1cc([N+](=O)[O-])c([O-])c([N+](=O)[O-])c1.O=[N+]([O-])c1cc([N+](=O)[O-])c([O-])c([N+](=O)[O-])c1.[Mg+2]. The summed E-state index contributed by atoms with van der Waals surface area (Å²) in [5.74, 6) is -2.92. The van der Waals surface area contributed by atoms with Gasteiger partial charge in [-0.05, 0) is 0 Å². The predicted octanol–water partition coefficient (Wildman–Crippen LogP) is 0.589. The molecule has 168 valence electrons. The number of hydrogen-bond acceptors (Lipinski definition) is 14. The molecule has 2 rings (SSSR count). The van der Waals surface area contributed by atoms with E-state index in [0.717, 1.165) is 0 Å². The zero-order valence-corrected chi connectivity index (χ0v) is 16.8. The fraction of sp³-hybridized carbons (Fsp3) is 0. The van der Waals surface area contributed by atoms with Gasteiger partial charge in [-0.3, -0.25) is 60.7 Å². The third-order valence-corrected chi connectivity index (χ3v) is 3.28. The Kier molecular flexibility index (Phi) is 9.41. The van der Waals surface area contributed by atoms with Crippen molar-refractivity contribution in [1.29, 1.82) is 0 Å². The molecule has 0 unspecified atom stereocenters. The zero-order chi connectivity index (χ0) is 24.9. The van der Waals surface area contributed by atoms with Crippen molar-refractivity contribution in [2.45, 2.75) is 0 Å². The number of rotatable bonds is 6. The molecule has 0 aliphatic heterocycles. The van der Waals surface area contributed by atoms with Gasteiger partial charge in [0, 0.05) is 0 Å². The van der Waals surface area contributed by atoms with Crippen LogP contribution in [0, 0.1) is 60.7 Å². The van der Waals surface area contributed by atoms with Gasteiger partial charge >= 0.3 is 23.1 Å². The van der Waals surface area contributed by atoms with Crippen LogP contribution in [0.15, 0.2) is 24.3 Å². The van der Waals surface area contributed by atoms with Gasteiger partial charge in [0.15, 0.2) is 0 Å². The first-order valence-electron chi connectivity index (χ1n) is 7.25. The fourth-order valence-corrected chi connectivity index (χ4v) is 1.92. The molecule has 0 saturated carbocycles. The Bertz CT molecular complexity index is 1020. The maximum absolute atomic E-state index is 11.1. The molecule has 0 atom stereocenters. The zero-order valence-electron chi connectivity index (χ0n) is 15.4. The van der Waals surface area contributed by atoms with Crippen LogP contribution in [0.1, 0.15) is 0 Å². The maximum Gasteiger partial charge on any atom is 2.00 e. The Morgan fingerprint density at radius 3 is 0.727 bits per heavy atom. The summed E-state index contributed by atoms with van der Waals surface area (Å²) in [4.78, 5) is 55.0. The van der Waals surface area contributed by atoms with Gasteiger partial charge in [0.2, 0.25) is 0 Å². The summed E-state index contributed by atoms with van der Waals surface area (Å²) in [6.45, 7) is 0. The standard InChI is InChI=1S/2C6H3N3O7.Mg/c2*10-6-4(8(13)14)1-3(7(11)12)2-5(6)9(15)16;/h2*1-2,10H;/q;;+2/p-2. The van der Waals surface area contributed by atoms with E-state index in [1.54, 1.807) is 0 Å². The largest absolute Gasteiger partial charge is 2.00 e. The van der Waals surface area contributed by atoms with Crippen LogP contribution in [-0.4, -0.2) is 52.6 Å². The van der Waals surface area contributed by atoms with E-state index in [4.69, 9.17) is 0 Å². The third kappa shape index (κ3) is 6.59. The van der Waals surface area contributed by atoms with Gasteiger partial charge in [0.1, 0.15) is 0 Å².